The average Bonchev–Trinajstić information content (AvgIpc) is 2.47. The molecule has 0 unspecified atom stereocenters. The van der Waals surface area contributed by atoms with Gasteiger partial charge in [0.25, 0.3) is 0 Å². The second-order valence-electron chi connectivity index (χ2n) is 4.22. The van der Waals surface area contributed by atoms with Crippen LogP contribution in [0.3, 0.4) is 0 Å². The van der Waals surface area contributed by atoms with Crippen molar-refractivity contribution < 1.29 is 0 Å². The number of rotatable bonds is 1. The zero-order chi connectivity index (χ0) is 12.4. The highest BCUT2D eigenvalue weighted by atomic mass is 14.1. The summed E-state index contributed by atoms with van der Waals surface area (Å²) in [6, 6.07) is 22.8. The zero-order valence-electron chi connectivity index (χ0n) is 9.93. The summed E-state index contributed by atoms with van der Waals surface area (Å²) in [5.41, 5.74) is 3.40. The normalized spacial score (nSPS) is 10.2. The summed E-state index contributed by atoms with van der Waals surface area (Å²) in [7, 11) is 0. The summed E-state index contributed by atoms with van der Waals surface area (Å²) < 4.78 is 0. The Labute approximate surface area is 107 Å². The number of benzene rings is 3. The van der Waals surface area contributed by atoms with Crippen molar-refractivity contribution in [3.05, 3.63) is 72.3 Å². The molecule has 0 saturated carbocycles. The maximum Gasteiger partial charge on any atom is 0.0321 e. The lowest BCUT2D eigenvalue weighted by molar-refractivity contribution is 1.64. The van der Waals surface area contributed by atoms with Gasteiger partial charge in [0, 0.05) is 5.56 Å². The minimum Gasteiger partial charge on any atom is -0.115 e. The number of fused-ring (bicyclic) bond motifs is 1. The highest BCUT2D eigenvalue weighted by molar-refractivity contribution is 5.99. The van der Waals surface area contributed by atoms with E-state index in [1.807, 2.05) is 18.2 Å². The van der Waals surface area contributed by atoms with E-state index in [1.54, 1.807) is 0 Å². The zero-order valence-corrected chi connectivity index (χ0v) is 9.93. The number of hydrogen-bond acceptors (Lipinski definition) is 0. The highest BCUT2D eigenvalue weighted by Gasteiger charge is 2.04. The number of terminal acetylenes is 1. The molecule has 84 valence electrons. The van der Waals surface area contributed by atoms with Crippen LogP contribution in [0.4, 0.5) is 0 Å². The molecule has 0 fully saturated rings. The molecule has 0 spiro atoms. The molecule has 0 aliphatic carbocycles. The maximum atomic E-state index is 5.55. The van der Waals surface area contributed by atoms with Gasteiger partial charge in [-0.2, -0.15) is 0 Å². The van der Waals surface area contributed by atoms with Crippen LogP contribution in [0.5, 0.6) is 0 Å². The first-order valence-corrected chi connectivity index (χ1v) is 5.94. The van der Waals surface area contributed by atoms with Crippen molar-refractivity contribution in [3.8, 4) is 23.5 Å². The van der Waals surface area contributed by atoms with Crippen LogP contribution in [0.15, 0.2) is 66.7 Å². The molecule has 0 amide bonds. The molecule has 3 aromatic carbocycles. The van der Waals surface area contributed by atoms with Gasteiger partial charge in [0.15, 0.2) is 0 Å². The van der Waals surface area contributed by atoms with E-state index in [1.165, 1.54) is 16.5 Å². The lowest BCUT2D eigenvalue weighted by Crippen LogP contribution is -1.83. The summed E-state index contributed by atoms with van der Waals surface area (Å²) in [5.74, 6) is 2.75. The van der Waals surface area contributed by atoms with Gasteiger partial charge in [-0.3, -0.25) is 0 Å². The quantitative estimate of drug-likeness (QED) is 0.538. The maximum absolute atomic E-state index is 5.55. The van der Waals surface area contributed by atoms with Gasteiger partial charge in [0.05, 0.1) is 0 Å². The van der Waals surface area contributed by atoms with Crippen molar-refractivity contribution in [1.82, 2.24) is 0 Å². The Morgan fingerprint density at radius 3 is 2.17 bits per heavy atom. The summed E-state index contributed by atoms with van der Waals surface area (Å²) in [6.07, 6.45) is 5.55. The highest BCUT2D eigenvalue weighted by Crippen LogP contribution is 2.29. The van der Waals surface area contributed by atoms with Crippen molar-refractivity contribution in [3.63, 3.8) is 0 Å². The first-order valence-electron chi connectivity index (χ1n) is 5.94. The largest absolute Gasteiger partial charge is 0.115 e. The Kier molecular flexibility index (Phi) is 2.59. The minimum atomic E-state index is 0.949. The first kappa shape index (κ1) is 10.6. The van der Waals surface area contributed by atoms with E-state index < -0.39 is 0 Å². The van der Waals surface area contributed by atoms with Gasteiger partial charge in [-0.15, -0.1) is 6.42 Å². The van der Waals surface area contributed by atoms with Crippen LogP contribution in [0.1, 0.15) is 5.56 Å². The second kappa shape index (κ2) is 4.39. The molecule has 0 saturated heterocycles. The fraction of sp³-hybridized carbons (Fsp3) is 0. The molecule has 18 heavy (non-hydrogen) atoms. The van der Waals surface area contributed by atoms with Gasteiger partial charge in [0.1, 0.15) is 0 Å². The topological polar surface area (TPSA) is 0 Å². The summed E-state index contributed by atoms with van der Waals surface area (Å²) >= 11 is 0. The van der Waals surface area contributed by atoms with Gasteiger partial charge in [-0.05, 0) is 28.0 Å². The van der Waals surface area contributed by atoms with Crippen LogP contribution in [0.2, 0.25) is 0 Å². The van der Waals surface area contributed by atoms with Crippen molar-refractivity contribution >= 4 is 10.8 Å². The molecule has 0 aromatic heterocycles. The monoisotopic (exact) mass is 228 g/mol. The molecule has 0 heteroatoms. The van der Waals surface area contributed by atoms with Gasteiger partial charge < -0.3 is 0 Å². The molecule has 3 aromatic rings. The van der Waals surface area contributed by atoms with Crippen molar-refractivity contribution in [2.24, 2.45) is 0 Å². The Morgan fingerprint density at radius 2 is 1.39 bits per heavy atom. The van der Waals surface area contributed by atoms with Crippen molar-refractivity contribution in [1.29, 1.82) is 0 Å². The van der Waals surface area contributed by atoms with E-state index in [0.717, 1.165) is 10.9 Å². The van der Waals surface area contributed by atoms with Crippen LogP contribution in [-0.2, 0) is 0 Å². The van der Waals surface area contributed by atoms with E-state index in [2.05, 4.69) is 54.5 Å². The van der Waals surface area contributed by atoms with E-state index in [-0.39, 0.29) is 0 Å². The molecule has 0 bridgehead atoms. The van der Waals surface area contributed by atoms with Gasteiger partial charge >= 0.3 is 0 Å². The fourth-order valence-corrected chi connectivity index (χ4v) is 2.31. The Hall–Kier alpha value is -2.52. The summed E-state index contributed by atoms with van der Waals surface area (Å²) in [5, 5.41) is 2.35. The standard InChI is InChI=1S/C18H12/c1-2-14-10-6-13-18-16(14)11-7-12-17(18)15-8-4-3-5-9-15/h1,3-13H. The Bertz CT molecular complexity index is 731. The molecule has 0 atom stereocenters. The lowest BCUT2D eigenvalue weighted by Gasteiger charge is -2.08. The lowest BCUT2D eigenvalue weighted by atomic mass is 9.96. The molecule has 0 radical (unpaired) electrons. The minimum absolute atomic E-state index is 0.949. The van der Waals surface area contributed by atoms with E-state index in [9.17, 15) is 0 Å². The van der Waals surface area contributed by atoms with Crippen molar-refractivity contribution in [2.45, 2.75) is 0 Å². The van der Waals surface area contributed by atoms with Crippen LogP contribution >= 0.6 is 0 Å². The molecular formula is C18H12. The predicted octanol–water partition coefficient (Wildman–Crippen LogP) is 4.49. The number of hydrogen-bond donors (Lipinski definition) is 0. The van der Waals surface area contributed by atoms with E-state index in [0.29, 0.717) is 0 Å². The average molecular weight is 228 g/mol. The first-order chi connectivity index (χ1) is 8.90. The third-order valence-corrected chi connectivity index (χ3v) is 3.16. The van der Waals surface area contributed by atoms with Gasteiger partial charge in [0.2, 0.25) is 0 Å². The summed E-state index contributed by atoms with van der Waals surface area (Å²) in [6.45, 7) is 0. The second-order valence-corrected chi connectivity index (χ2v) is 4.22. The van der Waals surface area contributed by atoms with E-state index in [4.69, 9.17) is 6.42 Å². The van der Waals surface area contributed by atoms with Crippen LogP contribution in [-0.4, -0.2) is 0 Å². The molecule has 0 aliphatic heterocycles. The third-order valence-electron chi connectivity index (χ3n) is 3.16. The fourth-order valence-electron chi connectivity index (χ4n) is 2.31. The third kappa shape index (κ3) is 1.67. The Balaban J connectivity index is 2.36. The summed E-state index contributed by atoms with van der Waals surface area (Å²) in [4.78, 5) is 0. The van der Waals surface area contributed by atoms with Crippen LogP contribution < -0.4 is 0 Å². The predicted molar refractivity (Wildman–Crippen MR) is 77.3 cm³/mol. The van der Waals surface area contributed by atoms with Gasteiger partial charge in [-0.1, -0.05) is 66.6 Å². The van der Waals surface area contributed by atoms with Crippen molar-refractivity contribution in [2.75, 3.05) is 0 Å². The van der Waals surface area contributed by atoms with Crippen LogP contribution in [0.25, 0.3) is 21.9 Å². The Morgan fingerprint density at radius 1 is 0.667 bits per heavy atom. The molecule has 3 rings (SSSR count). The molecule has 0 nitrogen and oxygen atoms in total. The molecule has 0 aliphatic rings. The smallest absolute Gasteiger partial charge is 0.0321 e. The molecule has 0 heterocycles. The van der Waals surface area contributed by atoms with Crippen LogP contribution in [0, 0.1) is 12.3 Å². The molecular weight excluding hydrogens is 216 g/mol. The van der Waals surface area contributed by atoms with Gasteiger partial charge in [-0.25, -0.2) is 0 Å². The SMILES string of the molecule is C#Cc1cccc2c(-c3ccccc3)cccc12. The van der Waals surface area contributed by atoms with E-state index >= 15 is 0 Å². The molecule has 0 N–H and O–H groups in total.